The van der Waals surface area contributed by atoms with Gasteiger partial charge in [-0.25, -0.2) is 4.79 Å². The summed E-state index contributed by atoms with van der Waals surface area (Å²) in [6.45, 7) is 5.53. The summed E-state index contributed by atoms with van der Waals surface area (Å²) < 4.78 is 5.26. The third-order valence-corrected chi connectivity index (χ3v) is 3.05. The van der Waals surface area contributed by atoms with Crippen molar-refractivity contribution >= 4 is 11.9 Å². The van der Waals surface area contributed by atoms with E-state index in [9.17, 15) is 9.59 Å². The maximum Gasteiger partial charge on any atom is 0.329 e. The Bertz CT molecular complexity index is 417. The summed E-state index contributed by atoms with van der Waals surface area (Å²) in [7, 11) is 0. The minimum atomic E-state index is -0.578. The van der Waals surface area contributed by atoms with E-state index in [0.717, 1.165) is 12.0 Å². The molecule has 0 aliphatic carbocycles. The first-order valence-corrected chi connectivity index (χ1v) is 6.52. The molecule has 0 unspecified atom stereocenters. The number of benzene rings is 1. The van der Waals surface area contributed by atoms with E-state index >= 15 is 0 Å². The van der Waals surface area contributed by atoms with E-state index in [1.165, 1.54) is 6.92 Å². The second-order valence-corrected chi connectivity index (χ2v) is 4.66. The van der Waals surface area contributed by atoms with E-state index in [2.05, 4.69) is 5.32 Å². The highest BCUT2D eigenvalue weighted by Crippen LogP contribution is 2.11. The van der Waals surface area contributed by atoms with Crippen molar-refractivity contribution < 1.29 is 14.3 Å². The molecule has 1 N–H and O–H groups in total. The summed E-state index contributed by atoms with van der Waals surface area (Å²) in [6.07, 6.45) is 0.797. The van der Waals surface area contributed by atoms with Crippen LogP contribution in [0.4, 0.5) is 0 Å². The molecule has 0 radical (unpaired) electrons. The predicted octanol–water partition coefficient (Wildman–Crippen LogP) is 2.28. The molecule has 0 spiro atoms. The zero-order valence-electron chi connectivity index (χ0n) is 11.7. The maximum atomic E-state index is 12.0. The van der Waals surface area contributed by atoms with Gasteiger partial charge in [0.2, 0.25) is 5.91 Å². The second kappa shape index (κ2) is 7.56. The molecule has 0 saturated heterocycles. The van der Waals surface area contributed by atoms with Crippen molar-refractivity contribution in [2.75, 3.05) is 0 Å². The minimum absolute atomic E-state index is 0.0483. The quantitative estimate of drug-likeness (QED) is 0.801. The normalized spacial score (nSPS) is 13.4. The lowest BCUT2D eigenvalue weighted by molar-refractivity contribution is -0.150. The van der Waals surface area contributed by atoms with Gasteiger partial charge in [-0.1, -0.05) is 50.6 Å². The average molecular weight is 263 g/mol. The van der Waals surface area contributed by atoms with Crippen LogP contribution >= 0.6 is 0 Å². The Hall–Kier alpha value is -1.84. The Morgan fingerprint density at radius 1 is 1.26 bits per heavy atom. The van der Waals surface area contributed by atoms with Crippen LogP contribution in [0.5, 0.6) is 0 Å². The number of hydrogen-bond donors (Lipinski definition) is 1. The molecule has 1 aromatic rings. The van der Waals surface area contributed by atoms with Gasteiger partial charge in [0.15, 0.2) is 0 Å². The van der Waals surface area contributed by atoms with E-state index < -0.39 is 6.04 Å². The van der Waals surface area contributed by atoms with Crippen LogP contribution in [0.2, 0.25) is 0 Å². The molecular weight excluding hydrogens is 242 g/mol. The van der Waals surface area contributed by atoms with E-state index in [1.807, 2.05) is 44.2 Å². The zero-order valence-corrected chi connectivity index (χ0v) is 11.7. The summed E-state index contributed by atoms with van der Waals surface area (Å²) in [4.78, 5) is 23.1. The highest BCUT2D eigenvalue weighted by atomic mass is 16.5. The molecule has 4 heteroatoms. The summed E-state index contributed by atoms with van der Waals surface area (Å²) in [5.74, 6) is -0.553. The number of amides is 1. The van der Waals surface area contributed by atoms with Gasteiger partial charge in [-0.2, -0.15) is 0 Å². The number of carbonyl (C=O) groups excluding carboxylic acids is 2. The van der Waals surface area contributed by atoms with Gasteiger partial charge < -0.3 is 10.1 Å². The van der Waals surface area contributed by atoms with Gasteiger partial charge in [-0.15, -0.1) is 0 Å². The molecule has 0 aromatic heterocycles. The Morgan fingerprint density at radius 3 is 2.42 bits per heavy atom. The summed E-state index contributed by atoms with van der Waals surface area (Å²) >= 11 is 0. The molecule has 19 heavy (non-hydrogen) atoms. The van der Waals surface area contributed by atoms with Crippen molar-refractivity contribution in [3.05, 3.63) is 35.9 Å². The Balaban J connectivity index is 2.59. The van der Waals surface area contributed by atoms with E-state index in [4.69, 9.17) is 4.74 Å². The fourth-order valence-electron chi connectivity index (χ4n) is 1.71. The Kier molecular flexibility index (Phi) is 6.06. The molecular formula is C15H21NO3. The van der Waals surface area contributed by atoms with Crippen LogP contribution in [0.15, 0.2) is 30.3 Å². The van der Waals surface area contributed by atoms with Crippen LogP contribution < -0.4 is 5.32 Å². The topological polar surface area (TPSA) is 55.4 Å². The molecule has 0 fully saturated rings. The molecule has 1 rings (SSSR count). The molecule has 0 saturated carbocycles. The number of carbonyl (C=O) groups is 2. The molecule has 0 aliphatic rings. The van der Waals surface area contributed by atoms with Crippen LogP contribution in [0.3, 0.4) is 0 Å². The van der Waals surface area contributed by atoms with Crippen LogP contribution in [0, 0.1) is 5.92 Å². The predicted molar refractivity (Wildman–Crippen MR) is 73.3 cm³/mol. The number of esters is 1. The largest absolute Gasteiger partial charge is 0.459 e. The maximum absolute atomic E-state index is 12.0. The first-order valence-electron chi connectivity index (χ1n) is 6.52. The molecule has 0 heterocycles. The van der Waals surface area contributed by atoms with Gasteiger partial charge in [0.25, 0.3) is 0 Å². The van der Waals surface area contributed by atoms with Crippen molar-refractivity contribution in [2.24, 2.45) is 5.92 Å². The molecule has 0 bridgehead atoms. The molecule has 1 aromatic carbocycles. The summed E-state index contributed by atoms with van der Waals surface area (Å²) in [5, 5.41) is 2.65. The van der Waals surface area contributed by atoms with Gasteiger partial charge in [0, 0.05) is 6.92 Å². The monoisotopic (exact) mass is 263 g/mol. The van der Waals surface area contributed by atoms with Crippen molar-refractivity contribution in [3.63, 3.8) is 0 Å². The summed E-state index contributed by atoms with van der Waals surface area (Å²) in [6, 6.07) is 8.90. The lowest BCUT2D eigenvalue weighted by atomic mass is 9.99. The standard InChI is InChI=1S/C15H21NO3/c1-4-11(2)14(16-12(3)17)15(18)19-10-13-8-6-5-7-9-13/h5-9,11,14H,4,10H2,1-3H3,(H,16,17)/t11-,14+/m0/s1. The van der Waals surface area contributed by atoms with Gasteiger partial charge in [0.05, 0.1) is 0 Å². The van der Waals surface area contributed by atoms with E-state index in [0.29, 0.717) is 0 Å². The van der Waals surface area contributed by atoms with Gasteiger partial charge in [0.1, 0.15) is 12.6 Å². The Labute approximate surface area is 114 Å². The van der Waals surface area contributed by atoms with E-state index in [1.54, 1.807) is 0 Å². The van der Waals surface area contributed by atoms with Crippen LogP contribution in [0.1, 0.15) is 32.8 Å². The van der Waals surface area contributed by atoms with E-state index in [-0.39, 0.29) is 24.4 Å². The third kappa shape index (κ3) is 5.12. The van der Waals surface area contributed by atoms with Crippen molar-refractivity contribution in [1.82, 2.24) is 5.32 Å². The van der Waals surface area contributed by atoms with Gasteiger partial charge >= 0.3 is 5.97 Å². The van der Waals surface area contributed by atoms with Crippen molar-refractivity contribution in [3.8, 4) is 0 Å². The average Bonchev–Trinajstić information content (AvgIpc) is 2.42. The summed E-state index contributed by atoms with van der Waals surface area (Å²) in [5.41, 5.74) is 0.932. The number of hydrogen-bond acceptors (Lipinski definition) is 3. The number of nitrogens with one attached hydrogen (secondary N) is 1. The number of ether oxygens (including phenoxy) is 1. The second-order valence-electron chi connectivity index (χ2n) is 4.66. The lowest BCUT2D eigenvalue weighted by Crippen LogP contribution is -2.45. The zero-order chi connectivity index (χ0) is 14.3. The molecule has 1 amide bonds. The highest BCUT2D eigenvalue weighted by Gasteiger charge is 2.26. The minimum Gasteiger partial charge on any atom is -0.459 e. The SMILES string of the molecule is CC[C@H](C)[C@@H](NC(C)=O)C(=O)OCc1ccccc1. The van der Waals surface area contributed by atoms with Crippen molar-refractivity contribution in [1.29, 1.82) is 0 Å². The highest BCUT2D eigenvalue weighted by molar-refractivity contribution is 5.83. The molecule has 4 nitrogen and oxygen atoms in total. The molecule has 2 atom stereocenters. The van der Waals surface area contributed by atoms with Crippen LogP contribution in [-0.2, 0) is 20.9 Å². The third-order valence-electron chi connectivity index (χ3n) is 3.05. The molecule has 0 aliphatic heterocycles. The number of rotatable bonds is 6. The smallest absolute Gasteiger partial charge is 0.329 e. The van der Waals surface area contributed by atoms with Crippen LogP contribution in [0.25, 0.3) is 0 Å². The molecule has 104 valence electrons. The van der Waals surface area contributed by atoms with Gasteiger partial charge in [-0.05, 0) is 11.5 Å². The van der Waals surface area contributed by atoms with Crippen LogP contribution in [-0.4, -0.2) is 17.9 Å². The van der Waals surface area contributed by atoms with Crippen molar-refractivity contribution in [2.45, 2.75) is 39.8 Å². The Morgan fingerprint density at radius 2 is 1.89 bits per heavy atom. The fraction of sp³-hybridized carbons (Fsp3) is 0.467. The lowest BCUT2D eigenvalue weighted by Gasteiger charge is -2.22. The van der Waals surface area contributed by atoms with Gasteiger partial charge in [-0.3, -0.25) is 4.79 Å². The first-order chi connectivity index (χ1) is 9.04. The fourth-order valence-corrected chi connectivity index (χ4v) is 1.71. The first kappa shape index (κ1) is 15.2.